The highest BCUT2D eigenvalue weighted by atomic mass is 35.5. The number of halogens is 1. The molecule has 0 spiro atoms. The van der Waals surface area contributed by atoms with E-state index in [9.17, 15) is 10.1 Å². The first kappa shape index (κ1) is 13.0. The molecule has 8 nitrogen and oxygen atoms in total. The van der Waals surface area contributed by atoms with E-state index in [0.29, 0.717) is 24.3 Å². The van der Waals surface area contributed by atoms with Gasteiger partial charge in [-0.3, -0.25) is 4.90 Å². The Morgan fingerprint density at radius 2 is 2.56 bits per heavy atom. The first-order chi connectivity index (χ1) is 8.54. The van der Waals surface area contributed by atoms with Crippen LogP contribution in [0.15, 0.2) is 11.3 Å². The van der Waals surface area contributed by atoms with E-state index in [0.717, 1.165) is 4.88 Å². The summed E-state index contributed by atoms with van der Waals surface area (Å²) in [6, 6.07) is 0. The van der Waals surface area contributed by atoms with Gasteiger partial charge < -0.3 is 10.2 Å². The summed E-state index contributed by atoms with van der Waals surface area (Å²) in [5, 5.41) is 16.0. The fourth-order valence-electron chi connectivity index (χ4n) is 1.57. The van der Waals surface area contributed by atoms with Crippen LogP contribution in [0.3, 0.4) is 0 Å². The van der Waals surface area contributed by atoms with Crippen LogP contribution in [-0.2, 0) is 6.54 Å². The Kier molecular flexibility index (Phi) is 3.94. The molecule has 1 aromatic rings. The lowest BCUT2D eigenvalue weighted by Crippen LogP contribution is -2.55. The third-order valence-electron chi connectivity index (χ3n) is 2.27. The molecule has 0 radical (unpaired) electrons. The van der Waals surface area contributed by atoms with Crippen LogP contribution in [0.2, 0.25) is 4.47 Å². The maximum absolute atomic E-state index is 10.5. The van der Waals surface area contributed by atoms with Crippen molar-refractivity contribution in [1.82, 2.24) is 20.1 Å². The highest BCUT2D eigenvalue weighted by Crippen LogP contribution is 2.19. The Bertz CT molecular complexity index is 478. The van der Waals surface area contributed by atoms with Gasteiger partial charge in [0.05, 0.1) is 19.9 Å². The average molecular weight is 291 g/mol. The molecule has 2 rings (SSSR count). The van der Waals surface area contributed by atoms with Gasteiger partial charge >= 0.3 is 0 Å². The predicted molar refractivity (Wildman–Crippen MR) is 67.7 cm³/mol. The normalized spacial score (nSPS) is 19.0. The highest BCUT2D eigenvalue weighted by molar-refractivity contribution is 7.15. The van der Waals surface area contributed by atoms with E-state index in [2.05, 4.69) is 15.4 Å². The molecule has 18 heavy (non-hydrogen) atoms. The third kappa shape index (κ3) is 3.28. The summed E-state index contributed by atoms with van der Waals surface area (Å²) in [7, 11) is 1.91. The highest BCUT2D eigenvalue weighted by Gasteiger charge is 2.23. The van der Waals surface area contributed by atoms with Crippen molar-refractivity contribution in [2.24, 2.45) is 5.10 Å². The molecule has 0 atom stereocenters. The maximum Gasteiger partial charge on any atom is 0.273 e. The molecule has 0 unspecified atom stereocenters. The monoisotopic (exact) mass is 290 g/mol. The van der Waals surface area contributed by atoms with Gasteiger partial charge in [-0.05, 0) is 7.05 Å². The number of guanidine groups is 1. The Morgan fingerprint density at radius 1 is 1.78 bits per heavy atom. The molecular formula is C8H11ClN6O2S. The molecule has 0 aromatic carbocycles. The fourth-order valence-corrected chi connectivity index (χ4v) is 2.57. The summed E-state index contributed by atoms with van der Waals surface area (Å²) in [4.78, 5) is 19.1. The Morgan fingerprint density at radius 3 is 3.17 bits per heavy atom. The van der Waals surface area contributed by atoms with Gasteiger partial charge in [0.1, 0.15) is 5.10 Å². The van der Waals surface area contributed by atoms with E-state index >= 15 is 0 Å². The van der Waals surface area contributed by atoms with Crippen LogP contribution < -0.4 is 5.32 Å². The first-order valence-electron chi connectivity index (χ1n) is 5.05. The molecule has 1 N–H and O–H groups in total. The number of thiazole rings is 1. The molecular weight excluding hydrogens is 280 g/mol. The summed E-state index contributed by atoms with van der Waals surface area (Å²) in [5.74, 6) is 0.252. The summed E-state index contributed by atoms with van der Waals surface area (Å²) >= 11 is 7.10. The topological polar surface area (TPSA) is 86.9 Å². The quantitative estimate of drug-likeness (QED) is 0.648. The molecule has 2 heterocycles. The first-order valence-corrected chi connectivity index (χ1v) is 6.24. The van der Waals surface area contributed by atoms with Gasteiger partial charge in [-0.15, -0.1) is 11.3 Å². The van der Waals surface area contributed by atoms with E-state index < -0.39 is 5.03 Å². The second-order valence-corrected chi connectivity index (χ2v) is 5.47. The van der Waals surface area contributed by atoms with Crippen molar-refractivity contribution in [3.63, 3.8) is 0 Å². The molecule has 10 heteroatoms. The lowest BCUT2D eigenvalue weighted by Gasteiger charge is -2.34. The van der Waals surface area contributed by atoms with Gasteiger partial charge in [-0.25, -0.2) is 15.1 Å². The average Bonchev–Trinajstić information content (AvgIpc) is 2.67. The predicted octanol–water partition coefficient (Wildman–Crippen LogP) is 0.596. The Hall–Kier alpha value is -1.45. The molecule has 1 aromatic heterocycles. The van der Waals surface area contributed by atoms with Gasteiger partial charge in [0, 0.05) is 11.1 Å². The van der Waals surface area contributed by atoms with E-state index in [1.54, 1.807) is 11.1 Å². The lowest BCUT2D eigenvalue weighted by molar-refractivity contribution is -0.486. The third-order valence-corrected chi connectivity index (χ3v) is 3.37. The lowest BCUT2D eigenvalue weighted by atomic mass is 10.4. The number of nitro groups is 1. The van der Waals surface area contributed by atoms with Crippen molar-refractivity contribution in [3.8, 4) is 0 Å². The largest absolute Gasteiger partial charge is 0.338 e. The number of nitrogens with one attached hydrogen (secondary N) is 1. The zero-order valence-corrected chi connectivity index (χ0v) is 11.1. The van der Waals surface area contributed by atoms with Gasteiger partial charge in [0.15, 0.2) is 9.50 Å². The molecule has 1 fully saturated rings. The van der Waals surface area contributed by atoms with E-state index in [-0.39, 0.29) is 5.96 Å². The van der Waals surface area contributed by atoms with Crippen molar-refractivity contribution in [2.45, 2.75) is 6.54 Å². The Balaban J connectivity index is 2.12. The van der Waals surface area contributed by atoms with Gasteiger partial charge in [0.25, 0.3) is 5.96 Å². The SMILES string of the molecule is CN1CN/C(=N\[N+](=O)[O-])N(Cc2cnc(Cl)s2)C1. The summed E-state index contributed by atoms with van der Waals surface area (Å²) in [6.07, 6.45) is 1.66. The van der Waals surface area contributed by atoms with Crippen molar-refractivity contribution in [3.05, 3.63) is 25.7 Å². The van der Waals surface area contributed by atoms with E-state index in [4.69, 9.17) is 11.6 Å². The van der Waals surface area contributed by atoms with Crippen molar-refractivity contribution >= 4 is 28.9 Å². The zero-order valence-electron chi connectivity index (χ0n) is 9.54. The van der Waals surface area contributed by atoms with Gasteiger partial charge in [-0.1, -0.05) is 11.6 Å². The second-order valence-electron chi connectivity index (χ2n) is 3.77. The number of nitrogens with zero attached hydrogens (tertiary/aromatic N) is 5. The van der Waals surface area contributed by atoms with E-state index in [1.807, 2.05) is 11.9 Å². The minimum Gasteiger partial charge on any atom is -0.338 e. The number of rotatable bonds is 3. The zero-order chi connectivity index (χ0) is 13.1. The Labute approximate surface area is 112 Å². The molecule has 0 bridgehead atoms. The number of hydrazone groups is 1. The molecule has 1 aliphatic rings. The summed E-state index contributed by atoms with van der Waals surface area (Å²) in [6.45, 7) is 1.55. The second kappa shape index (κ2) is 5.46. The van der Waals surface area contributed by atoms with Crippen molar-refractivity contribution < 1.29 is 5.03 Å². The number of hydrogen-bond donors (Lipinski definition) is 1. The van der Waals surface area contributed by atoms with Crippen LogP contribution >= 0.6 is 22.9 Å². The fraction of sp³-hybridized carbons (Fsp3) is 0.500. The minimum atomic E-state index is -0.708. The molecule has 0 aliphatic carbocycles. The summed E-state index contributed by atoms with van der Waals surface area (Å²) < 4.78 is 0.455. The van der Waals surface area contributed by atoms with Crippen LogP contribution in [-0.4, -0.2) is 46.2 Å². The van der Waals surface area contributed by atoms with Crippen LogP contribution in [0.5, 0.6) is 0 Å². The summed E-state index contributed by atoms with van der Waals surface area (Å²) in [5.41, 5.74) is 0. The van der Waals surface area contributed by atoms with E-state index in [1.165, 1.54) is 11.3 Å². The maximum atomic E-state index is 10.5. The van der Waals surface area contributed by atoms with Crippen LogP contribution in [0.4, 0.5) is 0 Å². The van der Waals surface area contributed by atoms with Gasteiger partial charge in [-0.2, -0.15) is 0 Å². The molecule has 0 amide bonds. The molecule has 98 valence electrons. The molecule has 1 saturated heterocycles. The smallest absolute Gasteiger partial charge is 0.273 e. The molecule has 1 aliphatic heterocycles. The van der Waals surface area contributed by atoms with Crippen LogP contribution in [0.1, 0.15) is 4.88 Å². The standard InChI is InChI=1S/C8H11ClN6O2S/c1-13-4-11-8(12-15(16)17)14(5-13)3-6-2-10-7(9)18-6/h2H,3-5H2,1H3,(H,11,12). The van der Waals surface area contributed by atoms with Crippen molar-refractivity contribution in [2.75, 3.05) is 20.4 Å². The molecule has 0 saturated carbocycles. The van der Waals surface area contributed by atoms with Crippen LogP contribution in [0, 0.1) is 10.1 Å². The number of hydrogen-bond acceptors (Lipinski definition) is 5. The van der Waals surface area contributed by atoms with Crippen LogP contribution in [0.25, 0.3) is 0 Å². The minimum absolute atomic E-state index is 0.252. The van der Waals surface area contributed by atoms with Gasteiger partial charge in [0.2, 0.25) is 0 Å². The van der Waals surface area contributed by atoms with Crippen molar-refractivity contribution in [1.29, 1.82) is 0 Å². The number of aromatic nitrogens is 1.